The fraction of sp³-hybridized carbons (Fsp3) is 0.0545. The summed E-state index contributed by atoms with van der Waals surface area (Å²) in [6, 6.07) is 66.4. The molecule has 61 heavy (non-hydrogen) atoms. The van der Waals surface area contributed by atoms with Crippen molar-refractivity contribution in [3.63, 3.8) is 0 Å². The lowest BCUT2D eigenvalue weighted by Crippen LogP contribution is -2.15. The standard InChI is InChI=1S/C55H37N5S/c1-55(2)45-33-39(28-29-41(45)44-30-31-46-50(49(44)55)61-53(56-46)37-16-7-4-8-17-37)38-18-13-19-40(32-38)52-57-51(36-26-24-35(25-27-36)34-14-5-3-6-15-34)58-54(59-52)60-47-22-11-9-20-42(47)43-21-10-12-23-48(43)60/h3-33H,1-2H3. The lowest BCUT2D eigenvalue weighted by Gasteiger charge is -2.22. The third-order valence-electron chi connectivity index (χ3n) is 12.3. The van der Waals surface area contributed by atoms with Crippen LogP contribution in [0.1, 0.15) is 25.0 Å². The van der Waals surface area contributed by atoms with Crippen molar-refractivity contribution in [2.45, 2.75) is 19.3 Å². The lowest BCUT2D eigenvalue weighted by molar-refractivity contribution is 0.667. The van der Waals surface area contributed by atoms with Gasteiger partial charge in [0.1, 0.15) is 5.01 Å². The molecule has 1 aliphatic rings. The molecule has 0 N–H and O–H groups in total. The molecule has 0 saturated carbocycles. The molecule has 0 bridgehead atoms. The molecule has 0 radical (unpaired) electrons. The lowest BCUT2D eigenvalue weighted by atomic mass is 9.81. The number of fused-ring (bicyclic) bond motifs is 8. The van der Waals surface area contributed by atoms with Crippen LogP contribution in [0.4, 0.5) is 0 Å². The van der Waals surface area contributed by atoms with Gasteiger partial charge in [-0.3, -0.25) is 4.57 Å². The molecule has 0 spiro atoms. The highest BCUT2D eigenvalue weighted by molar-refractivity contribution is 7.22. The maximum absolute atomic E-state index is 5.27. The van der Waals surface area contributed by atoms with Crippen LogP contribution in [0, 0.1) is 0 Å². The van der Waals surface area contributed by atoms with Crippen LogP contribution in [0.3, 0.4) is 0 Å². The third-order valence-corrected chi connectivity index (χ3v) is 13.4. The van der Waals surface area contributed by atoms with Crippen molar-refractivity contribution in [3.05, 3.63) is 199 Å². The fourth-order valence-corrected chi connectivity index (χ4v) is 10.6. The molecule has 0 aliphatic heterocycles. The molecule has 1 aliphatic carbocycles. The van der Waals surface area contributed by atoms with E-state index in [9.17, 15) is 0 Å². The van der Waals surface area contributed by atoms with Gasteiger partial charge in [0.2, 0.25) is 5.95 Å². The van der Waals surface area contributed by atoms with Crippen LogP contribution in [-0.4, -0.2) is 24.5 Å². The minimum absolute atomic E-state index is 0.214. The summed E-state index contributed by atoms with van der Waals surface area (Å²) in [5.74, 6) is 1.82. The summed E-state index contributed by atoms with van der Waals surface area (Å²) in [4.78, 5) is 20.8. The predicted octanol–water partition coefficient (Wildman–Crippen LogP) is 14.2. The van der Waals surface area contributed by atoms with Crippen LogP contribution in [0.5, 0.6) is 0 Å². The van der Waals surface area contributed by atoms with E-state index in [1.165, 1.54) is 32.5 Å². The number of benzene rings is 8. The van der Waals surface area contributed by atoms with Gasteiger partial charge in [-0.2, -0.15) is 9.97 Å². The van der Waals surface area contributed by atoms with E-state index in [4.69, 9.17) is 19.9 Å². The van der Waals surface area contributed by atoms with Crippen LogP contribution in [-0.2, 0) is 5.41 Å². The Kier molecular flexibility index (Phi) is 7.99. The number of rotatable bonds is 6. The minimum Gasteiger partial charge on any atom is -0.278 e. The first-order chi connectivity index (χ1) is 30.0. The Morgan fingerprint density at radius 3 is 1.69 bits per heavy atom. The highest BCUT2D eigenvalue weighted by Crippen LogP contribution is 2.53. The molecular weight excluding hydrogens is 763 g/mol. The van der Waals surface area contributed by atoms with Gasteiger partial charge in [-0.25, -0.2) is 9.97 Å². The molecule has 11 aromatic rings. The van der Waals surface area contributed by atoms with E-state index in [1.807, 2.05) is 6.07 Å². The number of hydrogen-bond acceptors (Lipinski definition) is 5. The molecule has 0 saturated heterocycles. The summed E-state index contributed by atoms with van der Waals surface area (Å²) in [7, 11) is 0. The summed E-state index contributed by atoms with van der Waals surface area (Å²) >= 11 is 1.80. The van der Waals surface area contributed by atoms with Crippen molar-refractivity contribution in [2.24, 2.45) is 0 Å². The van der Waals surface area contributed by atoms with E-state index in [-0.39, 0.29) is 5.41 Å². The van der Waals surface area contributed by atoms with Crippen molar-refractivity contribution in [3.8, 4) is 72.7 Å². The molecule has 3 aromatic heterocycles. The summed E-state index contributed by atoms with van der Waals surface area (Å²) in [6.07, 6.45) is 0. The average molecular weight is 800 g/mol. The second-order valence-electron chi connectivity index (χ2n) is 16.3. The van der Waals surface area contributed by atoms with Crippen LogP contribution in [0.25, 0.3) is 105 Å². The topological polar surface area (TPSA) is 56.5 Å². The summed E-state index contributed by atoms with van der Waals surface area (Å²) in [6.45, 7) is 4.71. The maximum Gasteiger partial charge on any atom is 0.238 e. The predicted molar refractivity (Wildman–Crippen MR) is 252 cm³/mol. The van der Waals surface area contributed by atoms with Gasteiger partial charge in [0, 0.05) is 32.9 Å². The Morgan fingerprint density at radius 2 is 0.967 bits per heavy atom. The minimum atomic E-state index is -0.214. The third kappa shape index (κ3) is 5.75. The van der Waals surface area contributed by atoms with Crippen LogP contribution >= 0.6 is 11.3 Å². The van der Waals surface area contributed by atoms with Gasteiger partial charge in [0.15, 0.2) is 11.6 Å². The molecule has 6 heteroatoms. The molecule has 8 aromatic carbocycles. The van der Waals surface area contributed by atoms with Gasteiger partial charge in [-0.15, -0.1) is 11.3 Å². The summed E-state index contributed by atoms with van der Waals surface area (Å²) in [5.41, 5.74) is 15.8. The van der Waals surface area contributed by atoms with Gasteiger partial charge in [-0.05, 0) is 74.8 Å². The zero-order valence-electron chi connectivity index (χ0n) is 33.5. The Hall–Kier alpha value is -7.54. The van der Waals surface area contributed by atoms with Crippen molar-refractivity contribution in [1.29, 1.82) is 0 Å². The van der Waals surface area contributed by atoms with Gasteiger partial charge in [0.05, 0.1) is 21.3 Å². The second kappa shape index (κ2) is 13.8. The molecule has 3 heterocycles. The van der Waals surface area contributed by atoms with E-state index in [0.717, 1.165) is 65.7 Å². The highest BCUT2D eigenvalue weighted by Gasteiger charge is 2.38. The zero-order valence-corrected chi connectivity index (χ0v) is 34.4. The van der Waals surface area contributed by atoms with E-state index < -0.39 is 0 Å². The summed E-state index contributed by atoms with van der Waals surface area (Å²) in [5, 5.41) is 3.37. The molecule has 0 unspecified atom stereocenters. The normalized spacial score (nSPS) is 12.9. The Labute approximate surface area is 357 Å². The molecule has 12 rings (SSSR count). The van der Waals surface area contributed by atoms with Crippen LogP contribution in [0.2, 0.25) is 0 Å². The molecule has 0 fully saturated rings. The first kappa shape index (κ1) is 35.4. The largest absolute Gasteiger partial charge is 0.278 e. The van der Waals surface area contributed by atoms with Crippen LogP contribution < -0.4 is 0 Å². The van der Waals surface area contributed by atoms with E-state index >= 15 is 0 Å². The van der Waals surface area contributed by atoms with Crippen molar-refractivity contribution >= 4 is 43.4 Å². The summed E-state index contributed by atoms with van der Waals surface area (Å²) < 4.78 is 3.44. The van der Waals surface area contributed by atoms with Gasteiger partial charge in [-0.1, -0.05) is 172 Å². The smallest absolute Gasteiger partial charge is 0.238 e. The van der Waals surface area contributed by atoms with Crippen molar-refractivity contribution in [2.75, 3.05) is 0 Å². The number of aromatic nitrogens is 5. The van der Waals surface area contributed by atoms with Crippen molar-refractivity contribution < 1.29 is 0 Å². The first-order valence-electron chi connectivity index (χ1n) is 20.6. The monoisotopic (exact) mass is 799 g/mol. The number of para-hydroxylation sites is 2. The number of nitrogens with zero attached hydrogens (tertiary/aromatic N) is 5. The van der Waals surface area contributed by atoms with E-state index in [0.29, 0.717) is 17.6 Å². The first-order valence-corrected chi connectivity index (χ1v) is 21.5. The Bertz CT molecular complexity index is 3440. The maximum atomic E-state index is 5.27. The highest BCUT2D eigenvalue weighted by atomic mass is 32.1. The SMILES string of the molecule is CC1(C)c2cc(-c3cccc(-c4nc(-c5ccc(-c6ccccc6)cc5)nc(-n5c6ccccc6c6ccccc65)n4)c3)ccc2-c2ccc3nc(-c4ccccc4)sc3c21. The number of thiazole rings is 1. The van der Waals surface area contributed by atoms with Gasteiger partial charge in [0.25, 0.3) is 0 Å². The molecule has 0 atom stereocenters. The van der Waals surface area contributed by atoms with Crippen molar-refractivity contribution in [1.82, 2.24) is 24.5 Å². The molecule has 5 nitrogen and oxygen atoms in total. The molecular formula is C55H37N5S. The quantitative estimate of drug-likeness (QED) is 0.168. The number of hydrogen-bond donors (Lipinski definition) is 0. The zero-order chi connectivity index (χ0) is 40.7. The van der Waals surface area contributed by atoms with Gasteiger partial charge < -0.3 is 0 Å². The Morgan fingerprint density at radius 1 is 0.426 bits per heavy atom. The van der Waals surface area contributed by atoms with Gasteiger partial charge >= 0.3 is 0 Å². The average Bonchev–Trinajstić information content (AvgIpc) is 3.98. The second-order valence-corrected chi connectivity index (χ2v) is 17.3. The molecule has 288 valence electrons. The molecule has 0 amide bonds. The Balaban J connectivity index is 0.975. The van der Waals surface area contributed by atoms with E-state index in [1.54, 1.807) is 11.3 Å². The fourth-order valence-electron chi connectivity index (χ4n) is 9.29. The van der Waals surface area contributed by atoms with E-state index in [2.05, 4.69) is 200 Å². The van der Waals surface area contributed by atoms with Crippen LogP contribution in [0.15, 0.2) is 188 Å².